The zero-order valence-corrected chi connectivity index (χ0v) is 14.0. The standard InChI is InChI=1S/C16H14BrFN2O2/c1-9-7-12(17)15(22)20(3)13(9)14(21)19-16(20,2)10-5-4-6-11(18)8-10/h4-8H,1-3H3/p+1. The molecule has 2 amide bonds. The van der Waals surface area contributed by atoms with E-state index in [0.29, 0.717) is 21.3 Å². The summed E-state index contributed by atoms with van der Waals surface area (Å²) < 4.78 is 13.8. The number of hydrogen-bond acceptors (Lipinski definition) is 2. The molecule has 2 atom stereocenters. The average Bonchev–Trinajstić information content (AvgIpc) is 2.65. The Labute approximate surface area is 136 Å². The van der Waals surface area contributed by atoms with E-state index in [9.17, 15) is 14.0 Å². The first kappa shape index (κ1) is 15.1. The van der Waals surface area contributed by atoms with Crippen molar-refractivity contribution in [1.82, 2.24) is 5.32 Å². The lowest BCUT2D eigenvalue weighted by molar-refractivity contribution is -0.847. The Morgan fingerprint density at radius 1 is 1.32 bits per heavy atom. The van der Waals surface area contributed by atoms with Gasteiger partial charge in [-0.3, -0.25) is 10.1 Å². The summed E-state index contributed by atoms with van der Waals surface area (Å²) in [7, 11) is 1.68. The Morgan fingerprint density at radius 2 is 2.00 bits per heavy atom. The lowest BCUT2D eigenvalue weighted by atomic mass is 9.96. The van der Waals surface area contributed by atoms with Crippen LogP contribution in [0.2, 0.25) is 0 Å². The van der Waals surface area contributed by atoms with Gasteiger partial charge in [0.1, 0.15) is 10.3 Å². The van der Waals surface area contributed by atoms with E-state index < -0.39 is 11.5 Å². The van der Waals surface area contributed by atoms with E-state index in [1.54, 1.807) is 39.1 Å². The molecule has 2 heterocycles. The second-order valence-electron chi connectivity index (χ2n) is 5.87. The summed E-state index contributed by atoms with van der Waals surface area (Å²) in [6.07, 6.45) is 1.65. The smallest absolute Gasteiger partial charge is 0.291 e. The van der Waals surface area contributed by atoms with Crippen molar-refractivity contribution in [2.24, 2.45) is 0 Å². The normalized spacial score (nSPS) is 31.0. The quantitative estimate of drug-likeness (QED) is 0.777. The number of carbonyl (C=O) groups excluding carboxylic acids is 2. The van der Waals surface area contributed by atoms with Crippen LogP contribution in [0.1, 0.15) is 19.4 Å². The molecule has 0 spiro atoms. The van der Waals surface area contributed by atoms with Crippen LogP contribution in [0, 0.1) is 5.82 Å². The molecule has 2 aliphatic heterocycles. The van der Waals surface area contributed by atoms with Crippen LogP contribution >= 0.6 is 15.9 Å². The Balaban J connectivity index is 2.30. The largest absolute Gasteiger partial charge is 0.360 e. The number of carbonyl (C=O) groups is 2. The molecule has 3 rings (SSSR count). The van der Waals surface area contributed by atoms with Crippen molar-refractivity contribution < 1.29 is 18.5 Å². The molecule has 0 radical (unpaired) electrons. The lowest BCUT2D eigenvalue weighted by Gasteiger charge is -2.41. The highest BCUT2D eigenvalue weighted by atomic mass is 79.9. The molecule has 114 valence electrons. The molecule has 22 heavy (non-hydrogen) atoms. The molecule has 2 aliphatic rings. The highest BCUT2D eigenvalue weighted by Crippen LogP contribution is 2.46. The van der Waals surface area contributed by atoms with Crippen molar-refractivity contribution in [1.29, 1.82) is 0 Å². The van der Waals surface area contributed by atoms with Crippen molar-refractivity contribution in [2.75, 3.05) is 7.05 Å². The Kier molecular flexibility index (Phi) is 3.16. The Hall–Kier alpha value is -1.79. The predicted molar refractivity (Wildman–Crippen MR) is 82.8 cm³/mol. The average molecular weight is 366 g/mol. The third kappa shape index (κ3) is 1.71. The molecule has 0 bridgehead atoms. The van der Waals surface area contributed by atoms with Gasteiger partial charge in [0.05, 0.1) is 7.05 Å². The maximum atomic E-state index is 13.6. The molecule has 0 aliphatic carbocycles. The van der Waals surface area contributed by atoms with E-state index in [4.69, 9.17) is 0 Å². The van der Waals surface area contributed by atoms with Gasteiger partial charge in [0.2, 0.25) is 11.4 Å². The van der Waals surface area contributed by atoms with Gasteiger partial charge in [0.15, 0.2) is 0 Å². The van der Waals surface area contributed by atoms with Crippen molar-refractivity contribution in [2.45, 2.75) is 19.5 Å². The van der Waals surface area contributed by atoms with E-state index in [2.05, 4.69) is 21.2 Å². The molecule has 1 fully saturated rings. The van der Waals surface area contributed by atoms with Gasteiger partial charge >= 0.3 is 11.8 Å². The first-order chi connectivity index (χ1) is 10.2. The number of nitrogens with one attached hydrogen (secondary N) is 1. The van der Waals surface area contributed by atoms with Crippen LogP contribution in [0.5, 0.6) is 0 Å². The highest BCUT2D eigenvalue weighted by Gasteiger charge is 2.64. The summed E-state index contributed by atoms with van der Waals surface area (Å²) in [4.78, 5) is 25.3. The van der Waals surface area contributed by atoms with Gasteiger partial charge in [-0.15, -0.1) is 0 Å². The Morgan fingerprint density at radius 3 is 2.64 bits per heavy atom. The van der Waals surface area contributed by atoms with Gasteiger partial charge in [-0.05, 0) is 41.1 Å². The van der Waals surface area contributed by atoms with E-state index in [0.717, 1.165) is 0 Å². The molecule has 1 aromatic rings. The van der Waals surface area contributed by atoms with Crippen molar-refractivity contribution >= 4 is 27.7 Å². The number of nitrogens with zero attached hydrogens (tertiary/aromatic N) is 1. The minimum atomic E-state index is -1.07. The highest BCUT2D eigenvalue weighted by molar-refractivity contribution is 9.12. The first-order valence-electron chi connectivity index (χ1n) is 6.80. The fourth-order valence-corrected chi connectivity index (χ4v) is 4.01. The van der Waals surface area contributed by atoms with Gasteiger partial charge in [-0.1, -0.05) is 12.1 Å². The van der Waals surface area contributed by atoms with Gasteiger partial charge in [-0.25, -0.2) is 9.18 Å². The number of likely N-dealkylation sites (N-methyl/N-ethyl adjacent to an activating group) is 1. The number of benzene rings is 1. The van der Waals surface area contributed by atoms with Gasteiger partial charge in [0, 0.05) is 18.1 Å². The number of halogens is 2. The number of quaternary nitrogens is 1. The summed E-state index contributed by atoms with van der Waals surface area (Å²) in [5, 5.41) is 2.87. The summed E-state index contributed by atoms with van der Waals surface area (Å²) in [6.45, 7) is 3.53. The van der Waals surface area contributed by atoms with Crippen LogP contribution in [-0.4, -0.2) is 23.3 Å². The SMILES string of the molecule is CC1=C2C(=O)NC(C)(c3cccc(F)c3)[N+]2(C)C(=O)C(Br)=C1. The molecule has 1 N–H and O–H groups in total. The monoisotopic (exact) mass is 365 g/mol. The number of amides is 2. The molecule has 0 aromatic heterocycles. The molecule has 1 saturated heterocycles. The summed E-state index contributed by atoms with van der Waals surface area (Å²) in [6, 6.07) is 5.97. The molecule has 6 heteroatoms. The van der Waals surface area contributed by atoms with Crippen LogP contribution in [-0.2, 0) is 15.3 Å². The van der Waals surface area contributed by atoms with E-state index in [-0.39, 0.29) is 16.3 Å². The minimum absolute atomic E-state index is 0.245. The van der Waals surface area contributed by atoms with Crippen molar-refractivity contribution in [3.8, 4) is 0 Å². The van der Waals surface area contributed by atoms with Crippen molar-refractivity contribution in [3.05, 3.63) is 57.5 Å². The molecule has 0 saturated carbocycles. The molecular formula is C16H15BrFN2O2+. The second-order valence-corrected chi connectivity index (χ2v) is 6.73. The predicted octanol–water partition coefficient (Wildman–Crippen LogP) is 2.67. The number of hydrogen-bond donors (Lipinski definition) is 1. The third-order valence-corrected chi connectivity index (χ3v) is 5.20. The van der Waals surface area contributed by atoms with Crippen LogP contribution in [0.3, 0.4) is 0 Å². The van der Waals surface area contributed by atoms with Crippen molar-refractivity contribution in [3.63, 3.8) is 0 Å². The summed E-state index contributed by atoms with van der Waals surface area (Å²) >= 11 is 3.27. The Bertz CT molecular complexity index is 786. The minimum Gasteiger partial charge on any atom is -0.291 e. The zero-order valence-electron chi connectivity index (χ0n) is 12.4. The van der Waals surface area contributed by atoms with Crippen LogP contribution in [0.25, 0.3) is 0 Å². The van der Waals surface area contributed by atoms with Crippen LogP contribution < -0.4 is 5.32 Å². The van der Waals surface area contributed by atoms with Crippen LogP contribution in [0.4, 0.5) is 4.39 Å². The van der Waals surface area contributed by atoms with Crippen LogP contribution in [0.15, 0.2) is 46.1 Å². The fourth-order valence-electron chi connectivity index (χ4n) is 3.31. The zero-order chi connectivity index (χ0) is 16.3. The fraction of sp³-hybridized carbons (Fsp3) is 0.250. The number of allylic oxidation sites excluding steroid dienone is 2. The van der Waals surface area contributed by atoms with E-state index in [1.807, 2.05) is 0 Å². The molecule has 4 nitrogen and oxygen atoms in total. The summed E-state index contributed by atoms with van der Waals surface area (Å²) in [5.74, 6) is -0.963. The maximum Gasteiger partial charge on any atom is 0.360 e. The first-order valence-corrected chi connectivity index (χ1v) is 7.60. The summed E-state index contributed by atoms with van der Waals surface area (Å²) in [5.41, 5.74) is 0.577. The second kappa shape index (κ2) is 4.60. The maximum absolute atomic E-state index is 13.6. The third-order valence-electron chi connectivity index (χ3n) is 4.63. The number of rotatable bonds is 1. The van der Waals surface area contributed by atoms with E-state index >= 15 is 0 Å². The topological polar surface area (TPSA) is 46.2 Å². The number of fused-ring (bicyclic) bond motifs is 1. The molecule has 2 unspecified atom stereocenters. The molecular weight excluding hydrogens is 351 g/mol. The van der Waals surface area contributed by atoms with Gasteiger partial charge in [-0.2, -0.15) is 4.48 Å². The molecule has 1 aromatic carbocycles. The van der Waals surface area contributed by atoms with Gasteiger partial charge < -0.3 is 0 Å². The van der Waals surface area contributed by atoms with E-state index in [1.165, 1.54) is 12.1 Å². The van der Waals surface area contributed by atoms with Gasteiger partial charge in [0.25, 0.3) is 0 Å². The lowest BCUT2D eigenvalue weighted by Crippen LogP contribution is -2.61.